The van der Waals surface area contributed by atoms with Gasteiger partial charge in [0.2, 0.25) is 0 Å². The second-order valence-corrected chi connectivity index (χ2v) is 7.54. The van der Waals surface area contributed by atoms with E-state index in [0.29, 0.717) is 15.6 Å². The first-order chi connectivity index (χ1) is 14.1. The fraction of sp³-hybridized carbons (Fsp3) is 0.136. The molecule has 146 valence electrons. The molecule has 4 aromatic rings. The average Bonchev–Trinajstić information content (AvgIpc) is 3.17. The van der Waals surface area contributed by atoms with Crippen molar-refractivity contribution in [3.63, 3.8) is 0 Å². The fourth-order valence-corrected chi connectivity index (χ4v) is 3.81. The van der Waals surface area contributed by atoms with Crippen LogP contribution in [0.25, 0.3) is 10.2 Å². The van der Waals surface area contributed by atoms with Crippen LogP contribution in [0.5, 0.6) is 5.75 Å². The molecule has 0 fully saturated rings. The van der Waals surface area contributed by atoms with E-state index in [1.54, 1.807) is 30.6 Å². The zero-order chi connectivity index (χ0) is 20.2. The quantitative estimate of drug-likeness (QED) is 0.463. The molecule has 0 spiro atoms. The van der Waals surface area contributed by atoms with Crippen LogP contribution in [0.2, 0.25) is 0 Å². The van der Waals surface area contributed by atoms with E-state index < -0.39 is 5.82 Å². The molecule has 4 rings (SSSR count). The third-order valence-corrected chi connectivity index (χ3v) is 5.38. The summed E-state index contributed by atoms with van der Waals surface area (Å²) in [6, 6.07) is 15.9. The Morgan fingerprint density at radius 1 is 1.14 bits per heavy atom. The summed E-state index contributed by atoms with van der Waals surface area (Å²) in [6.45, 7) is 2.10. The van der Waals surface area contributed by atoms with Gasteiger partial charge >= 0.3 is 0 Å². The molecule has 7 heteroatoms. The Balaban J connectivity index is 1.60. The number of pyridine rings is 1. The van der Waals surface area contributed by atoms with Gasteiger partial charge in [-0.15, -0.1) is 0 Å². The van der Waals surface area contributed by atoms with E-state index >= 15 is 0 Å². The van der Waals surface area contributed by atoms with Gasteiger partial charge in [-0.25, -0.2) is 9.37 Å². The lowest BCUT2D eigenvalue weighted by Gasteiger charge is -2.20. The second-order valence-electron chi connectivity index (χ2n) is 6.53. The highest BCUT2D eigenvalue weighted by Crippen LogP contribution is 2.31. The summed E-state index contributed by atoms with van der Waals surface area (Å²) in [7, 11) is 0. The fourth-order valence-electron chi connectivity index (χ4n) is 2.81. The molecular formula is C22H18FN3O2S. The van der Waals surface area contributed by atoms with Gasteiger partial charge < -0.3 is 4.74 Å². The van der Waals surface area contributed by atoms with Crippen LogP contribution in [-0.2, 0) is 11.3 Å². The van der Waals surface area contributed by atoms with Gasteiger partial charge in [-0.3, -0.25) is 14.7 Å². The number of para-hydroxylation sites is 1. The van der Waals surface area contributed by atoms with Crippen molar-refractivity contribution in [1.29, 1.82) is 0 Å². The number of carbonyl (C=O) groups is 1. The van der Waals surface area contributed by atoms with E-state index in [0.717, 1.165) is 11.1 Å². The SMILES string of the molecule is Cc1ccc(OCC(=O)N(Cc2cccnc2)c2nc3c(F)cccc3s2)cc1. The standard InChI is InChI=1S/C22H18FN3O2S/c1-15-7-9-17(10-8-15)28-14-20(27)26(13-16-4-3-11-24-12-16)22-25-21-18(23)5-2-6-19(21)29-22/h2-12H,13-14H2,1H3. The first kappa shape index (κ1) is 19.0. The number of benzene rings is 2. The van der Waals surface area contributed by atoms with Gasteiger partial charge in [0.25, 0.3) is 5.91 Å². The molecule has 2 heterocycles. The molecule has 0 saturated carbocycles. The lowest BCUT2D eigenvalue weighted by atomic mass is 10.2. The Hall–Kier alpha value is -3.32. The van der Waals surface area contributed by atoms with E-state index in [-0.39, 0.29) is 24.6 Å². The van der Waals surface area contributed by atoms with E-state index in [2.05, 4.69) is 9.97 Å². The van der Waals surface area contributed by atoms with Crippen molar-refractivity contribution in [2.24, 2.45) is 0 Å². The Labute approximate surface area is 171 Å². The number of nitrogens with zero attached hydrogens (tertiary/aromatic N) is 3. The number of hydrogen-bond acceptors (Lipinski definition) is 5. The topological polar surface area (TPSA) is 55.3 Å². The van der Waals surface area contributed by atoms with Crippen LogP contribution < -0.4 is 9.64 Å². The van der Waals surface area contributed by atoms with Crippen LogP contribution in [0.15, 0.2) is 67.0 Å². The van der Waals surface area contributed by atoms with Crippen LogP contribution in [0.1, 0.15) is 11.1 Å². The van der Waals surface area contributed by atoms with Crippen LogP contribution in [0, 0.1) is 12.7 Å². The molecule has 2 aromatic heterocycles. The summed E-state index contributed by atoms with van der Waals surface area (Å²) < 4.78 is 20.4. The number of aryl methyl sites for hydroxylation is 1. The van der Waals surface area contributed by atoms with Crippen molar-refractivity contribution >= 4 is 32.6 Å². The number of carbonyl (C=O) groups excluding carboxylic acids is 1. The molecule has 0 atom stereocenters. The van der Waals surface area contributed by atoms with Crippen molar-refractivity contribution in [2.75, 3.05) is 11.5 Å². The molecule has 2 aromatic carbocycles. The number of anilines is 1. The molecule has 0 aliphatic carbocycles. The summed E-state index contributed by atoms with van der Waals surface area (Å²) in [5.74, 6) is -0.0656. The van der Waals surface area contributed by atoms with Crippen LogP contribution in [0.4, 0.5) is 9.52 Å². The van der Waals surface area contributed by atoms with Gasteiger partial charge in [-0.1, -0.05) is 41.2 Å². The maximum atomic E-state index is 14.1. The Morgan fingerprint density at radius 3 is 2.69 bits per heavy atom. The first-order valence-electron chi connectivity index (χ1n) is 9.04. The smallest absolute Gasteiger partial charge is 0.267 e. The number of hydrogen-bond donors (Lipinski definition) is 0. The summed E-state index contributed by atoms with van der Waals surface area (Å²) >= 11 is 1.27. The maximum absolute atomic E-state index is 14.1. The largest absolute Gasteiger partial charge is 0.484 e. The van der Waals surface area contributed by atoms with Gasteiger partial charge in [-0.2, -0.15) is 0 Å². The van der Waals surface area contributed by atoms with E-state index in [1.165, 1.54) is 22.3 Å². The Kier molecular flexibility index (Phi) is 5.48. The zero-order valence-corrected chi connectivity index (χ0v) is 16.5. The van der Waals surface area contributed by atoms with Gasteiger partial charge in [0.1, 0.15) is 17.1 Å². The second kappa shape index (κ2) is 8.36. The van der Waals surface area contributed by atoms with Gasteiger partial charge in [-0.05, 0) is 42.8 Å². The predicted octanol–water partition coefficient (Wildman–Crippen LogP) is 4.75. The number of rotatable bonds is 6. The Bertz CT molecular complexity index is 1130. The van der Waals surface area contributed by atoms with Crippen molar-refractivity contribution in [1.82, 2.24) is 9.97 Å². The van der Waals surface area contributed by atoms with E-state index in [1.807, 2.05) is 37.3 Å². The molecule has 5 nitrogen and oxygen atoms in total. The third kappa shape index (κ3) is 4.41. The molecule has 0 saturated heterocycles. The summed E-state index contributed by atoms with van der Waals surface area (Å²) in [6.07, 6.45) is 3.36. The first-order valence-corrected chi connectivity index (χ1v) is 9.85. The maximum Gasteiger partial charge on any atom is 0.267 e. The van der Waals surface area contributed by atoms with Crippen LogP contribution >= 0.6 is 11.3 Å². The lowest BCUT2D eigenvalue weighted by molar-refractivity contribution is -0.120. The molecule has 0 aliphatic heterocycles. The van der Waals surface area contributed by atoms with E-state index in [4.69, 9.17) is 4.74 Å². The molecular weight excluding hydrogens is 389 g/mol. The van der Waals surface area contributed by atoms with Crippen LogP contribution in [-0.4, -0.2) is 22.5 Å². The third-order valence-electron chi connectivity index (χ3n) is 4.34. The molecule has 0 aliphatic rings. The number of ether oxygens (including phenoxy) is 1. The molecule has 0 bridgehead atoms. The molecule has 0 N–H and O–H groups in total. The monoisotopic (exact) mass is 407 g/mol. The number of fused-ring (bicyclic) bond motifs is 1. The molecule has 29 heavy (non-hydrogen) atoms. The van der Waals surface area contributed by atoms with Crippen molar-refractivity contribution < 1.29 is 13.9 Å². The highest BCUT2D eigenvalue weighted by atomic mass is 32.1. The minimum atomic E-state index is -0.408. The predicted molar refractivity (Wildman–Crippen MR) is 112 cm³/mol. The van der Waals surface area contributed by atoms with Gasteiger partial charge in [0.05, 0.1) is 11.2 Å². The minimum absolute atomic E-state index is 0.151. The summed E-state index contributed by atoms with van der Waals surface area (Å²) in [5.41, 5.74) is 2.21. The number of thiazole rings is 1. The number of aromatic nitrogens is 2. The van der Waals surface area contributed by atoms with Crippen molar-refractivity contribution in [3.05, 3.63) is 83.9 Å². The van der Waals surface area contributed by atoms with Gasteiger partial charge in [0.15, 0.2) is 11.7 Å². The summed E-state index contributed by atoms with van der Waals surface area (Å²) in [4.78, 5) is 23.0. The van der Waals surface area contributed by atoms with Gasteiger partial charge in [0, 0.05) is 12.4 Å². The highest BCUT2D eigenvalue weighted by Gasteiger charge is 2.22. The van der Waals surface area contributed by atoms with E-state index in [9.17, 15) is 9.18 Å². The van der Waals surface area contributed by atoms with Crippen molar-refractivity contribution in [3.8, 4) is 5.75 Å². The molecule has 0 radical (unpaired) electrons. The van der Waals surface area contributed by atoms with Crippen LogP contribution in [0.3, 0.4) is 0 Å². The highest BCUT2D eigenvalue weighted by molar-refractivity contribution is 7.22. The molecule has 0 unspecified atom stereocenters. The summed E-state index contributed by atoms with van der Waals surface area (Å²) in [5, 5.41) is 0.423. The van der Waals surface area contributed by atoms with Crippen molar-refractivity contribution in [2.45, 2.75) is 13.5 Å². The zero-order valence-electron chi connectivity index (χ0n) is 15.7. The normalized spacial score (nSPS) is 10.8. The average molecular weight is 407 g/mol. The lowest BCUT2D eigenvalue weighted by Crippen LogP contribution is -2.34. The molecule has 1 amide bonds. The number of halogens is 1. The minimum Gasteiger partial charge on any atom is -0.484 e. The number of amides is 1. The Morgan fingerprint density at radius 2 is 1.97 bits per heavy atom.